The van der Waals surface area contributed by atoms with Crippen molar-refractivity contribution in [3.8, 4) is 0 Å². The minimum atomic E-state index is -0.148. The molecule has 88 valence electrons. The first kappa shape index (κ1) is 11.6. The summed E-state index contributed by atoms with van der Waals surface area (Å²) in [5.41, 5.74) is 6.70. The average molecular weight is 237 g/mol. The highest BCUT2D eigenvalue weighted by atomic mass is 32.1. The van der Waals surface area contributed by atoms with Crippen LogP contribution in [0.25, 0.3) is 0 Å². The van der Waals surface area contributed by atoms with E-state index >= 15 is 0 Å². The van der Waals surface area contributed by atoms with E-state index in [1.165, 1.54) is 25.7 Å². The number of hydrogen-bond acceptors (Lipinski definition) is 2. The predicted octanol–water partition coefficient (Wildman–Crippen LogP) is 3.29. The van der Waals surface area contributed by atoms with Crippen molar-refractivity contribution in [3.05, 3.63) is 22.4 Å². The maximum absolute atomic E-state index is 11.6. The lowest BCUT2D eigenvalue weighted by molar-refractivity contribution is -0.120. The van der Waals surface area contributed by atoms with Crippen LogP contribution in [-0.4, -0.2) is 5.91 Å². The van der Waals surface area contributed by atoms with Crippen LogP contribution in [-0.2, 0) is 4.79 Å². The minimum absolute atomic E-state index is 0.0515. The Morgan fingerprint density at radius 1 is 1.31 bits per heavy atom. The standard InChI is InChI=1S/C13H19NOS/c14-13(15)12(11-7-8-16-9-11)10-5-3-1-2-4-6-10/h7-10,12H,1-6H2,(H2,14,15). The normalized spacial score (nSPS) is 20.2. The van der Waals surface area contributed by atoms with Gasteiger partial charge in [-0.25, -0.2) is 0 Å². The van der Waals surface area contributed by atoms with Gasteiger partial charge in [-0.1, -0.05) is 25.7 Å². The van der Waals surface area contributed by atoms with Crippen LogP contribution in [0.1, 0.15) is 50.0 Å². The topological polar surface area (TPSA) is 43.1 Å². The molecule has 1 saturated carbocycles. The summed E-state index contributed by atoms with van der Waals surface area (Å²) in [5.74, 6) is 0.268. The smallest absolute Gasteiger partial charge is 0.225 e. The van der Waals surface area contributed by atoms with Crippen molar-refractivity contribution in [2.24, 2.45) is 11.7 Å². The van der Waals surface area contributed by atoms with Crippen LogP contribution in [0.15, 0.2) is 16.8 Å². The molecule has 2 N–H and O–H groups in total. The number of carbonyl (C=O) groups excluding carboxylic acids is 1. The van der Waals surface area contributed by atoms with Crippen LogP contribution in [0.2, 0.25) is 0 Å². The van der Waals surface area contributed by atoms with Crippen LogP contribution in [0.4, 0.5) is 0 Å². The molecule has 0 aromatic carbocycles. The first-order valence-electron chi connectivity index (χ1n) is 6.10. The van der Waals surface area contributed by atoms with Crippen LogP contribution in [0.3, 0.4) is 0 Å². The average Bonchev–Trinajstić information content (AvgIpc) is 2.62. The van der Waals surface area contributed by atoms with Crippen molar-refractivity contribution in [1.82, 2.24) is 0 Å². The van der Waals surface area contributed by atoms with Crippen LogP contribution in [0, 0.1) is 5.92 Å². The molecule has 1 amide bonds. The molecule has 1 aliphatic carbocycles. The van der Waals surface area contributed by atoms with Crippen molar-refractivity contribution < 1.29 is 4.79 Å². The molecular formula is C13H19NOS. The molecule has 1 aromatic rings. The number of carbonyl (C=O) groups is 1. The molecule has 16 heavy (non-hydrogen) atoms. The van der Waals surface area contributed by atoms with Crippen LogP contribution in [0.5, 0.6) is 0 Å². The van der Waals surface area contributed by atoms with E-state index in [1.54, 1.807) is 11.3 Å². The van der Waals surface area contributed by atoms with Gasteiger partial charge in [0, 0.05) is 0 Å². The second-order valence-electron chi connectivity index (χ2n) is 4.69. The first-order valence-corrected chi connectivity index (χ1v) is 7.04. The maximum Gasteiger partial charge on any atom is 0.225 e. The van der Waals surface area contributed by atoms with Crippen LogP contribution >= 0.6 is 11.3 Å². The van der Waals surface area contributed by atoms with Gasteiger partial charge in [0.2, 0.25) is 5.91 Å². The minimum Gasteiger partial charge on any atom is -0.369 e. The van der Waals surface area contributed by atoms with E-state index in [0.717, 1.165) is 18.4 Å². The monoisotopic (exact) mass is 237 g/mol. The fraction of sp³-hybridized carbons (Fsp3) is 0.615. The Labute approximate surface area is 101 Å². The molecule has 1 aliphatic rings. The van der Waals surface area contributed by atoms with Gasteiger partial charge < -0.3 is 5.73 Å². The SMILES string of the molecule is NC(=O)C(c1ccsc1)C1CCCCCC1. The van der Waals surface area contributed by atoms with E-state index < -0.39 is 0 Å². The van der Waals surface area contributed by atoms with E-state index in [1.807, 2.05) is 11.4 Å². The fourth-order valence-electron chi connectivity index (χ4n) is 2.76. The lowest BCUT2D eigenvalue weighted by atomic mass is 9.82. The predicted molar refractivity (Wildman–Crippen MR) is 67.4 cm³/mol. The third-order valence-corrected chi connectivity index (χ3v) is 4.28. The highest BCUT2D eigenvalue weighted by molar-refractivity contribution is 7.08. The van der Waals surface area contributed by atoms with Crippen molar-refractivity contribution >= 4 is 17.2 Å². The highest BCUT2D eigenvalue weighted by Crippen LogP contribution is 2.35. The Hall–Kier alpha value is -0.830. The molecular weight excluding hydrogens is 218 g/mol. The molecule has 1 unspecified atom stereocenters. The Balaban J connectivity index is 2.15. The Bertz CT molecular complexity index is 326. The van der Waals surface area contributed by atoms with E-state index in [9.17, 15) is 4.79 Å². The second kappa shape index (κ2) is 5.48. The summed E-state index contributed by atoms with van der Waals surface area (Å²) in [6.45, 7) is 0. The number of amides is 1. The molecule has 1 aromatic heterocycles. The number of hydrogen-bond donors (Lipinski definition) is 1. The lowest BCUT2D eigenvalue weighted by Gasteiger charge is -2.22. The number of nitrogens with two attached hydrogens (primary N) is 1. The van der Waals surface area contributed by atoms with Crippen molar-refractivity contribution in [1.29, 1.82) is 0 Å². The Morgan fingerprint density at radius 2 is 2.00 bits per heavy atom. The van der Waals surface area contributed by atoms with Gasteiger partial charge in [0.25, 0.3) is 0 Å². The van der Waals surface area contributed by atoms with Crippen molar-refractivity contribution in [2.75, 3.05) is 0 Å². The van der Waals surface area contributed by atoms with Crippen molar-refractivity contribution in [3.63, 3.8) is 0 Å². The molecule has 1 fully saturated rings. The molecule has 1 heterocycles. The molecule has 1 atom stereocenters. The first-order chi connectivity index (χ1) is 7.79. The van der Waals surface area contributed by atoms with E-state index in [0.29, 0.717) is 5.92 Å². The quantitative estimate of drug-likeness (QED) is 0.805. The van der Waals surface area contributed by atoms with Gasteiger partial charge in [-0.05, 0) is 41.1 Å². The Kier molecular flexibility index (Phi) is 3.99. The zero-order chi connectivity index (χ0) is 11.4. The number of rotatable bonds is 3. The van der Waals surface area contributed by atoms with Crippen LogP contribution < -0.4 is 5.73 Å². The van der Waals surface area contributed by atoms with Gasteiger partial charge in [-0.2, -0.15) is 11.3 Å². The van der Waals surface area contributed by atoms with Gasteiger partial charge in [-0.15, -0.1) is 0 Å². The lowest BCUT2D eigenvalue weighted by Crippen LogP contribution is -2.27. The Morgan fingerprint density at radius 3 is 2.50 bits per heavy atom. The number of primary amides is 1. The van der Waals surface area contributed by atoms with E-state index in [4.69, 9.17) is 5.73 Å². The van der Waals surface area contributed by atoms with Gasteiger partial charge in [0.05, 0.1) is 5.92 Å². The summed E-state index contributed by atoms with van der Waals surface area (Å²) in [7, 11) is 0. The van der Waals surface area contributed by atoms with Gasteiger partial charge in [0.15, 0.2) is 0 Å². The van der Waals surface area contributed by atoms with Crippen molar-refractivity contribution in [2.45, 2.75) is 44.4 Å². The molecule has 2 rings (SSSR count). The molecule has 3 heteroatoms. The molecule has 2 nitrogen and oxygen atoms in total. The molecule has 0 bridgehead atoms. The zero-order valence-corrected chi connectivity index (χ0v) is 10.3. The summed E-state index contributed by atoms with van der Waals surface area (Å²) in [5, 5.41) is 4.10. The number of thiophene rings is 1. The molecule has 0 saturated heterocycles. The summed E-state index contributed by atoms with van der Waals surface area (Å²) >= 11 is 1.65. The summed E-state index contributed by atoms with van der Waals surface area (Å²) < 4.78 is 0. The zero-order valence-electron chi connectivity index (χ0n) is 9.52. The molecule has 0 spiro atoms. The van der Waals surface area contributed by atoms with Gasteiger partial charge in [-0.3, -0.25) is 4.79 Å². The third kappa shape index (κ3) is 2.64. The van der Waals surface area contributed by atoms with E-state index in [2.05, 4.69) is 5.38 Å². The largest absolute Gasteiger partial charge is 0.369 e. The molecule has 0 aliphatic heterocycles. The second-order valence-corrected chi connectivity index (χ2v) is 5.47. The van der Waals surface area contributed by atoms with E-state index in [-0.39, 0.29) is 11.8 Å². The summed E-state index contributed by atoms with van der Waals surface area (Å²) in [4.78, 5) is 11.6. The summed E-state index contributed by atoms with van der Waals surface area (Å²) in [6, 6.07) is 2.05. The molecule has 0 radical (unpaired) electrons. The van der Waals surface area contributed by atoms with Gasteiger partial charge in [0.1, 0.15) is 0 Å². The highest BCUT2D eigenvalue weighted by Gasteiger charge is 2.28. The maximum atomic E-state index is 11.6. The third-order valence-electron chi connectivity index (χ3n) is 3.58. The van der Waals surface area contributed by atoms with Gasteiger partial charge >= 0.3 is 0 Å². The summed E-state index contributed by atoms with van der Waals surface area (Å²) in [6.07, 6.45) is 7.43. The fourth-order valence-corrected chi connectivity index (χ4v) is 3.46.